The van der Waals surface area contributed by atoms with Crippen molar-refractivity contribution in [2.45, 2.75) is 0 Å². The average Bonchev–Trinajstić information content (AvgIpc) is 2.68. The number of nitrogens with zero attached hydrogens (tertiary/aromatic N) is 1. The number of para-hydroxylation sites is 1. The normalized spacial score (nSPS) is 10.9. The molecule has 0 unspecified atom stereocenters. The molecule has 1 heterocycles. The van der Waals surface area contributed by atoms with Gasteiger partial charge in [-0.25, -0.2) is 0 Å². The quantitative estimate of drug-likeness (QED) is 0.591. The second kappa shape index (κ2) is 3.94. The van der Waals surface area contributed by atoms with E-state index < -0.39 is 0 Å². The molecule has 0 spiro atoms. The lowest BCUT2D eigenvalue weighted by Gasteiger charge is -2.04. The predicted octanol–water partition coefficient (Wildman–Crippen LogP) is 4.50. The third-order valence-electron chi connectivity index (χ3n) is 3.07. The third kappa shape index (κ3) is 1.73. The Balaban J connectivity index is 2.27. The van der Waals surface area contributed by atoms with E-state index in [4.69, 9.17) is 11.6 Å². The highest BCUT2D eigenvalue weighted by atomic mass is 35.5. The molecule has 3 rings (SSSR count). The van der Waals surface area contributed by atoms with Crippen molar-refractivity contribution in [3.8, 4) is 11.3 Å². The van der Waals surface area contributed by atoms with Gasteiger partial charge in [-0.1, -0.05) is 41.9 Å². The summed E-state index contributed by atoms with van der Waals surface area (Å²) in [6, 6.07) is 18.5. The van der Waals surface area contributed by atoms with E-state index in [1.807, 2.05) is 18.2 Å². The van der Waals surface area contributed by atoms with Crippen molar-refractivity contribution < 1.29 is 0 Å². The summed E-state index contributed by atoms with van der Waals surface area (Å²) in [5.74, 6) is 0. The molecule has 0 saturated heterocycles. The van der Waals surface area contributed by atoms with Crippen molar-refractivity contribution in [2.24, 2.45) is 7.05 Å². The highest BCUT2D eigenvalue weighted by molar-refractivity contribution is 6.30. The van der Waals surface area contributed by atoms with Gasteiger partial charge in [0.1, 0.15) is 0 Å². The Morgan fingerprint density at radius 3 is 2.53 bits per heavy atom. The molecule has 0 aliphatic carbocycles. The van der Waals surface area contributed by atoms with Crippen LogP contribution in [0, 0.1) is 0 Å². The van der Waals surface area contributed by atoms with E-state index in [0.717, 1.165) is 10.6 Å². The average molecular weight is 242 g/mol. The molecule has 0 fully saturated rings. The fourth-order valence-electron chi connectivity index (χ4n) is 2.21. The van der Waals surface area contributed by atoms with Crippen molar-refractivity contribution in [3.63, 3.8) is 0 Å². The zero-order valence-corrected chi connectivity index (χ0v) is 10.3. The first-order chi connectivity index (χ1) is 8.25. The highest BCUT2D eigenvalue weighted by Crippen LogP contribution is 2.28. The molecule has 0 N–H and O–H groups in total. The maximum Gasteiger partial charge on any atom is 0.0489 e. The zero-order chi connectivity index (χ0) is 11.8. The van der Waals surface area contributed by atoms with Gasteiger partial charge in [0.25, 0.3) is 0 Å². The minimum Gasteiger partial charge on any atom is -0.344 e. The Labute approximate surface area is 105 Å². The molecule has 0 aliphatic rings. The number of rotatable bonds is 1. The number of halogens is 1. The number of aromatic nitrogens is 1. The summed E-state index contributed by atoms with van der Waals surface area (Å²) in [5.41, 5.74) is 3.58. The van der Waals surface area contributed by atoms with Crippen LogP contribution >= 0.6 is 11.6 Å². The summed E-state index contributed by atoms with van der Waals surface area (Å²) in [4.78, 5) is 0. The van der Waals surface area contributed by atoms with Crippen molar-refractivity contribution in [1.29, 1.82) is 0 Å². The van der Waals surface area contributed by atoms with Crippen LogP contribution in [0.25, 0.3) is 22.2 Å². The van der Waals surface area contributed by atoms with Crippen molar-refractivity contribution in [1.82, 2.24) is 4.57 Å². The molecule has 0 atom stereocenters. The maximum absolute atomic E-state index is 6.04. The van der Waals surface area contributed by atoms with Gasteiger partial charge in [-0.15, -0.1) is 0 Å². The summed E-state index contributed by atoms with van der Waals surface area (Å²) in [6.07, 6.45) is 0. The SMILES string of the molecule is Cn1c(-c2cccc(Cl)c2)cc2ccccc21. The van der Waals surface area contributed by atoms with Crippen LogP contribution in [0.4, 0.5) is 0 Å². The molecule has 0 aliphatic heterocycles. The first-order valence-corrected chi connectivity index (χ1v) is 5.94. The number of benzene rings is 2. The summed E-state index contributed by atoms with van der Waals surface area (Å²) in [7, 11) is 2.08. The van der Waals surface area contributed by atoms with Crippen LogP contribution in [-0.4, -0.2) is 4.57 Å². The van der Waals surface area contributed by atoms with E-state index in [1.165, 1.54) is 16.6 Å². The summed E-state index contributed by atoms with van der Waals surface area (Å²) < 4.78 is 2.20. The van der Waals surface area contributed by atoms with E-state index >= 15 is 0 Å². The van der Waals surface area contributed by atoms with Gasteiger partial charge in [0.15, 0.2) is 0 Å². The van der Waals surface area contributed by atoms with Crippen molar-refractivity contribution in [2.75, 3.05) is 0 Å². The van der Waals surface area contributed by atoms with Crippen LogP contribution in [0.2, 0.25) is 5.02 Å². The van der Waals surface area contributed by atoms with Crippen LogP contribution in [-0.2, 0) is 7.05 Å². The monoisotopic (exact) mass is 241 g/mol. The van der Waals surface area contributed by atoms with Gasteiger partial charge in [-0.05, 0) is 29.8 Å². The van der Waals surface area contributed by atoms with E-state index in [-0.39, 0.29) is 0 Å². The summed E-state index contributed by atoms with van der Waals surface area (Å²) in [5, 5.41) is 2.03. The number of aryl methyl sites for hydroxylation is 1. The lowest BCUT2D eigenvalue weighted by Crippen LogP contribution is -1.90. The first-order valence-electron chi connectivity index (χ1n) is 5.56. The number of hydrogen-bond donors (Lipinski definition) is 0. The Morgan fingerprint density at radius 2 is 1.76 bits per heavy atom. The third-order valence-corrected chi connectivity index (χ3v) is 3.31. The predicted molar refractivity (Wildman–Crippen MR) is 73.4 cm³/mol. The van der Waals surface area contributed by atoms with Crippen LogP contribution < -0.4 is 0 Å². The number of fused-ring (bicyclic) bond motifs is 1. The second-order valence-electron chi connectivity index (χ2n) is 4.16. The van der Waals surface area contributed by atoms with E-state index in [9.17, 15) is 0 Å². The van der Waals surface area contributed by atoms with Crippen molar-refractivity contribution in [3.05, 3.63) is 59.6 Å². The lowest BCUT2D eigenvalue weighted by atomic mass is 10.1. The maximum atomic E-state index is 6.04. The molecular weight excluding hydrogens is 230 g/mol. The smallest absolute Gasteiger partial charge is 0.0489 e. The molecule has 1 aromatic heterocycles. The largest absolute Gasteiger partial charge is 0.344 e. The molecule has 2 heteroatoms. The van der Waals surface area contributed by atoms with Crippen molar-refractivity contribution >= 4 is 22.5 Å². The minimum atomic E-state index is 0.771. The van der Waals surface area contributed by atoms with Gasteiger partial charge >= 0.3 is 0 Å². The molecule has 1 nitrogen and oxygen atoms in total. The van der Waals surface area contributed by atoms with Crippen LogP contribution in [0.1, 0.15) is 0 Å². The van der Waals surface area contributed by atoms with Crippen LogP contribution in [0.3, 0.4) is 0 Å². The van der Waals surface area contributed by atoms with Crippen LogP contribution in [0.5, 0.6) is 0 Å². The van der Waals surface area contributed by atoms with Crippen LogP contribution in [0.15, 0.2) is 54.6 Å². The van der Waals surface area contributed by atoms with E-state index in [0.29, 0.717) is 0 Å². The fraction of sp³-hybridized carbons (Fsp3) is 0.0667. The fourth-order valence-corrected chi connectivity index (χ4v) is 2.40. The van der Waals surface area contributed by atoms with Gasteiger partial charge in [-0.2, -0.15) is 0 Å². The Bertz CT molecular complexity index is 682. The molecule has 3 aromatic rings. The first kappa shape index (κ1) is 10.4. The molecular formula is C15H12ClN. The van der Waals surface area contributed by atoms with Gasteiger partial charge in [0, 0.05) is 28.7 Å². The van der Waals surface area contributed by atoms with Gasteiger partial charge in [-0.3, -0.25) is 0 Å². The van der Waals surface area contributed by atoms with E-state index in [2.05, 4.69) is 48.0 Å². The number of hydrogen-bond acceptors (Lipinski definition) is 0. The molecule has 2 aromatic carbocycles. The Kier molecular flexibility index (Phi) is 2.41. The molecule has 17 heavy (non-hydrogen) atoms. The topological polar surface area (TPSA) is 4.93 Å². The lowest BCUT2D eigenvalue weighted by molar-refractivity contribution is 0.978. The Hall–Kier alpha value is -1.73. The summed E-state index contributed by atoms with van der Waals surface area (Å²) >= 11 is 6.04. The van der Waals surface area contributed by atoms with E-state index in [1.54, 1.807) is 0 Å². The molecule has 84 valence electrons. The standard InChI is InChI=1S/C15H12ClN/c1-17-14-8-3-2-5-12(14)10-15(17)11-6-4-7-13(16)9-11/h2-10H,1H3. The second-order valence-corrected chi connectivity index (χ2v) is 4.59. The van der Waals surface area contributed by atoms with Gasteiger partial charge < -0.3 is 4.57 Å². The van der Waals surface area contributed by atoms with Gasteiger partial charge in [0.2, 0.25) is 0 Å². The highest BCUT2D eigenvalue weighted by Gasteiger charge is 2.07. The zero-order valence-electron chi connectivity index (χ0n) is 9.52. The minimum absolute atomic E-state index is 0.771. The van der Waals surface area contributed by atoms with Gasteiger partial charge in [0.05, 0.1) is 0 Å². The Morgan fingerprint density at radius 1 is 0.941 bits per heavy atom. The molecule has 0 bridgehead atoms. The molecule has 0 radical (unpaired) electrons. The molecule has 0 saturated carbocycles. The summed E-state index contributed by atoms with van der Waals surface area (Å²) in [6.45, 7) is 0. The molecule has 0 amide bonds.